The SMILES string of the molecule is CCCCCN[C@H]1CCC2(C)C(=CC[C@@H]3C2CCC2(C)C([C@H](C)CCCC(C)C)CC[C@@H]32)C1. The minimum Gasteiger partial charge on any atom is -0.314 e. The molecule has 33 heavy (non-hydrogen) atoms. The van der Waals surface area contributed by atoms with Gasteiger partial charge in [-0.1, -0.05) is 85.3 Å². The monoisotopic (exact) mass is 455 g/mol. The molecule has 1 N–H and O–H groups in total. The Hall–Kier alpha value is -0.300. The highest BCUT2D eigenvalue weighted by Gasteiger charge is 2.59. The molecule has 1 nitrogen and oxygen atoms in total. The average Bonchev–Trinajstić information content (AvgIpc) is 3.14. The summed E-state index contributed by atoms with van der Waals surface area (Å²) in [5, 5.41) is 3.92. The lowest BCUT2D eigenvalue weighted by molar-refractivity contribution is -0.0514. The van der Waals surface area contributed by atoms with Crippen molar-refractivity contribution in [3.8, 4) is 0 Å². The average molecular weight is 456 g/mol. The zero-order valence-corrected chi connectivity index (χ0v) is 23.2. The number of allylic oxidation sites excluding steroid dienone is 1. The van der Waals surface area contributed by atoms with Crippen molar-refractivity contribution in [2.45, 2.75) is 137 Å². The van der Waals surface area contributed by atoms with Crippen molar-refractivity contribution in [1.82, 2.24) is 5.32 Å². The molecule has 3 fully saturated rings. The highest BCUT2D eigenvalue weighted by atomic mass is 14.9. The first-order valence-electron chi connectivity index (χ1n) is 15.2. The topological polar surface area (TPSA) is 12.0 Å². The van der Waals surface area contributed by atoms with Gasteiger partial charge < -0.3 is 5.32 Å². The lowest BCUT2D eigenvalue weighted by Gasteiger charge is -2.58. The van der Waals surface area contributed by atoms with E-state index in [-0.39, 0.29) is 0 Å². The van der Waals surface area contributed by atoms with E-state index in [1.807, 2.05) is 5.57 Å². The molecule has 4 aliphatic rings. The Labute approximate surface area is 207 Å². The van der Waals surface area contributed by atoms with Crippen molar-refractivity contribution < 1.29 is 0 Å². The Morgan fingerprint density at radius 3 is 2.52 bits per heavy atom. The van der Waals surface area contributed by atoms with Gasteiger partial charge in [0.25, 0.3) is 0 Å². The van der Waals surface area contributed by atoms with Crippen molar-refractivity contribution in [3.05, 3.63) is 11.6 Å². The molecule has 0 saturated heterocycles. The maximum Gasteiger partial charge on any atom is 0.0105 e. The summed E-state index contributed by atoms with van der Waals surface area (Å²) in [6.07, 6.45) is 22.8. The summed E-state index contributed by atoms with van der Waals surface area (Å²) < 4.78 is 0. The Bertz CT molecular complexity index is 663. The number of fused-ring (bicyclic) bond motifs is 5. The van der Waals surface area contributed by atoms with Gasteiger partial charge in [-0.2, -0.15) is 0 Å². The summed E-state index contributed by atoms with van der Waals surface area (Å²) in [5.41, 5.74) is 2.98. The number of hydrogen-bond donors (Lipinski definition) is 1. The van der Waals surface area contributed by atoms with E-state index in [9.17, 15) is 0 Å². The van der Waals surface area contributed by atoms with Crippen LogP contribution in [0.15, 0.2) is 11.6 Å². The van der Waals surface area contributed by atoms with Crippen molar-refractivity contribution in [2.24, 2.45) is 46.3 Å². The van der Waals surface area contributed by atoms with E-state index in [0.29, 0.717) is 10.8 Å². The van der Waals surface area contributed by atoms with Gasteiger partial charge in [0.1, 0.15) is 0 Å². The van der Waals surface area contributed by atoms with Gasteiger partial charge in [0.15, 0.2) is 0 Å². The molecule has 1 heteroatoms. The van der Waals surface area contributed by atoms with Gasteiger partial charge in [0.05, 0.1) is 0 Å². The predicted octanol–water partition coefficient (Wildman–Crippen LogP) is 9.18. The van der Waals surface area contributed by atoms with Crippen LogP contribution in [0.1, 0.15) is 131 Å². The molecule has 0 aromatic carbocycles. The van der Waals surface area contributed by atoms with Crippen LogP contribution in [0.4, 0.5) is 0 Å². The third kappa shape index (κ3) is 5.15. The molecule has 4 aliphatic carbocycles. The summed E-state index contributed by atoms with van der Waals surface area (Å²) in [6, 6.07) is 0.745. The maximum absolute atomic E-state index is 3.92. The molecule has 4 unspecified atom stereocenters. The van der Waals surface area contributed by atoms with Crippen LogP contribution in [-0.2, 0) is 0 Å². The first-order chi connectivity index (χ1) is 15.8. The van der Waals surface area contributed by atoms with E-state index in [2.05, 4.69) is 52.9 Å². The normalized spacial score (nSPS) is 41.3. The Morgan fingerprint density at radius 1 is 0.939 bits per heavy atom. The van der Waals surface area contributed by atoms with Crippen molar-refractivity contribution in [1.29, 1.82) is 0 Å². The molecule has 0 radical (unpaired) electrons. The van der Waals surface area contributed by atoms with Crippen molar-refractivity contribution >= 4 is 0 Å². The largest absolute Gasteiger partial charge is 0.314 e. The lowest BCUT2D eigenvalue weighted by Crippen LogP contribution is -2.51. The highest BCUT2D eigenvalue weighted by Crippen LogP contribution is 2.67. The molecular formula is C32H57N. The highest BCUT2D eigenvalue weighted by molar-refractivity contribution is 5.26. The second kappa shape index (κ2) is 10.8. The van der Waals surface area contributed by atoms with E-state index in [1.54, 1.807) is 0 Å². The summed E-state index contributed by atoms with van der Waals surface area (Å²) in [4.78, 5) is 0. The van der Waals surface area contributed by atoms with Crippen LogP contribution in [-0.4, -0.2) is 12.6 Å². The molecule has 0 aliphatic heterocycles. The van der Waals surface area contributed by atoms with Crippen LogP contribution >= 0.6 is 0 Å². The maximum atomic E-state index is 3.92. The van der Waals surface area contributed by atoms with E-state index in [4.69, 9.17) is 0 Å². The number of unbranched alkanes of at least 4 members (excludes halogenated alkanes) is 2. The summed E-state index contributed by atoms with van der Waals surface area (Å²) >= 11 is 0. The third-order valence-electron chi connectivity index (χ3n) is 11.5. The fourth-order valence-electron chi connectivity index (χ4n) is 9.54. The van der Waals surface area contributed by atoms with E-state index in [1.165, 1.54) is 96.4 Å². The zero-order valence-electron chi connectivity index (χ0n) is 23.2. The second-order valence-electron chi connectivity index (χ2n) is 13.9. The summed E-state index contributed by atoms with van der Waals surface area (Å²) in [5.74, 6) is 5.70. The van der Waals surface area contributed by atoms with Crippen LogP contribution in [0.2, 0.25) is 0 Å². The minimum atomic E-state index is 0.507. The Morgan fingerprint density at radius 2 is 1.76 bits per heavy atom. The zero-order chi connectivity index (χ0) is 23.6. The quantitative estimate of drug-likeness (QED) is 0.256. The molecule has 0 amide bonds. The van der Waals surface area contributed by atoms with Crippen LogP contribution in [0.3, 0.4) is 0 Å². The first kappa shape index (κ1) is 25.8. The summed E-state index contributed by atoms with van der Waals surface area (Å²) in [7, 11) is 0. The third-order valence-corrected chi connectivity index (χ3v) is 11.5. The molecule has 0 spiro atoms. The minimum absolute atomic E-state index is 0.507. The molecule has 190 valence electrons. The van der Waals surface area contributed by atoms with Gasteiger partial charge >= 0.3 is 0 Å². The van der Waals surface area contributed by atoms with Gasteiger partial charge in [-0.05, 0) is 111 Å². The van der Waals surface area contributed by atoms with Gasteiger partial charge in [0, 0.05) is 6.04 Å². The van der Waals surface area contributed by atoms with Gasteiger partial charge in [-0.25, -0.2) is 0 Å². The molecule has 0 bridgehead atoms. The second-order valence-corrected chi connectivity index (χ2v) is 13.9. The molecule has 3 saturated carbocycles. The molecular weight excluding hydrogens is 398 g/mol. The molecule has 0 aromatic heterocycles. The number of hydrogen-bond acceptors (Lipinski definition) is 1. The summed E-state index contributed by atoms with van der Waals surface area (Å²) in [6.45, 7) is 16.4. The fourth-order valence-corrected chi connectivity index (χ4v) is 9.54. The smallest absolute Gasteiger partial charge is 0.0105 e. The van der Waals surface area contributed by atoms with Crippen LogP contribution in [0.25, 0.3) is 0 Å². The van der Waals surface area contributed by atoms with E-state index >= 15 is 0 Å². The number of nitrogens with one attached hydrogen (secondary N) is 1. The van der Waals surface area contributed by atoms with Gasteiger partial charge in [-0.3, -0.25) is 0 Å². The van der Waals surface area contributed by atoms with E-state index in [0.717, 1.165) is 41.5 Å². The Kier molecular flexibility index (Phi) is 8.40. The number of rotatable bonds is 10. The van der Waals surface area contributed by atoms with Crippen LogP contribution in [0, 0.1) is 46.3 Å². The first-order valence-corrected chi connectivity index (χ1v) is 15.2. The predicted molar refractivity (Wildman–Crippen MR) is 144 cm³/mol. The van der Waals surface area contributed by atoms with Gasteiger partial charge in [-0.15, -0.1) is 0 Å². The van der Waals surface area contributed by atoms with Crippen molar-refractivity contribution in [2.75, 3.05) is 6.54 Å². The Balaban J connectivity index is 1.40. The fraction of sp³-hybridized carbons (Fsp3) is 0.938. The molecule has 0 heterocycles. The van der Waals surface area contributed by atoms with Crippen molar-refractivity contribution in [3.63, 3.8) is 0 Å². The van der Waals surface area contributed by atoms with Crippen LogP contribution in [0.5, 0.6) is 0 Å². The lowest BCUT2D eigenvalue weighted by atomic mass is 9.47. The van der Waals surface area contributed by atoms with Gasteiger partial charge in [0.2, 0.25) is 0 Å². The standard InChI is InChI=1S/C32H57N/c1-7-8-9-21-33-26-17-19-31(5)25(22-26)13-14-27-29-16-15-28(24(4)12-10-11-23(2)3)32(29,6)20-18-30(27)31/h13,23-24,26-30,33H,7-12,14-22H2,1-6H3/t24-,26+,27+,28?,29+,30?,31?,32?/m1/s1. The molecule has 0 aromatic rings. The molecule has 8 atom stereocenters. The van der Waals surface area contributed by atoms with Crippen LogP contribution < -0.4 is 5.32 Å². The van der Waals surface area contributed by atoms with E-state index < -0.39 is 0 Å². The molecule has 4 rings (SSSR count).